The Labute approximate surface area is 166 Å². The topological polar surface area (TPSA) is 3.24 Å². The lowest BCUT2D eigenvalue weighted by Crippen LogP contribution is -2.40. The van der Waals surface area contributed by atoms with E-state index in [1.54, 1.807) is 0 Å². The molecular formula is C26H35N. The van der Waals surface area contributed by atoms with E-state index in [4.69, 9.17) is 0 Å². The zero-order valence-corrected chi connectivity index (χ0v) is 17.5. The summed E-state index contributed by atoms with van der Waals surface area (Å²) in [6, 6.07) is 20.7. The molecule has 3 rings (SSSR count). The summed E-state index contributed by atoms with van der Waals surface area (Å²) in [6.07, 6.45) is 6.24. The maximum atomic E-state index is 2.72. The van der Waals surface area contributed by atoms with E-state index in [2.05, 4.69) is 93.3 Å². The van der Waals surface area contributed by atoms with Gasteiger partial charge in [0.1, 0.15) is 0 Å². The molecule has 1 aliphatic rings. The molecule has 144 valence electrons. The number of aryl methyl sites for hydroxylation is 1. The van der Waals surface area contributed by atoms with Crippen LogP contribution >= 0.6 is 0 Å². The Kier molecular flexibility index (Phi) is 6.90. The van der Waals surface area contributed by atoms with Gasteiger partial charge in [-0.1, -0.05) is 78.7 Å². The minimum Gasteiger partial charge on any atom is -0.297 e. The number of nitrogens with zero attached hydrogens (tertiary/aromatic N) is 1. The van der Waals surface area contributed by atoms with Crippen molar-refractivity contribution in [3.8, 4) is 0 Å². The number of hydrogen-bond donors (Lipinski definition) is 0. The molecule has 2 aromatic carbocycles. The lowest BCUT2D eigenvalue weighted by molar-refractivity contribution is 0.166. The van der Waals surface area contributed by atoms with Gasteiger partial charge < -0.3 is 0 Å². The molecule has 1 nitrogen and oxygen atoms in total. The number of rotatable bonds is 6. The Bertz CT molecular complexity index is 717. The summed E-state index contributed by atoms with van der Waals surface area (Å²) in [4.78, 5) is 2.72. The zero-order chi connectivity index (χ0) is 19.2. The Morgan fingerprint density at radius 2 is 1.63 bits per heavy atom. The molecule has 1 heterocycles. The van der Waals surface area contributed by atoms with Crippen molar-refractivity contribution in [1.29, 1.82) is 0 Å². The minimum atomic E-state index is 0.544. The first-order valence-corrected chi connectivity index (χ1v) is 10.5. The molecule has 0 bridgehead atoms. The highest BCUT2D eigenvalue weighted by Gasteiger charge is 2.26. The van der Waals surface area contributed by atoms with Crippen LogP contribution in [0.5, 0.6) is 0 Å². The average Bonchev–Trinajstić information content (AvgIpc) is 2.68. The highest BCUT2D eigenvalue weighted by atomic mass is 15.2. The largest absolute Gasteiger partial charge is 0.297 e. The smallest absolute Gasteiger partial charge is 0.0286 e. The summed E-state index contributed by atoms with van der Waals surface area (Å²) in [6.45, 7) is 11.4. The van der Waals surface area contributed by atoms with Crippen LogP contribution in [0.3, 0.4) is 0 Å². The summed E-state index contributed by atoms with van der Waals surface area (Å²) in [5.41, 5.74) is 5.76. The van der Waals surface area contributed by atoms with Crippen molar-refractivity contribution in [1.82, 2.24) is 4.90 Å². The molecule has 1 aliphatic heterocycles. The summed E-state index contributed by atoms with van der Waals surface area (Å²) in [5, 5.41) is 0. The monoisotopic (exact) mass is 361 g/mol. The van der Waals surface area contributed by atoms with Gasteiger partial charge >= 0.3 is 0 Å². The van der Waals surface area contributed by atoms with Gasteiger partial charge in [0.05, 0.1) is 0 Å². The second kappa shape index (κ2) is 9.37. The van der Waals surface area contributed by atoms with Crippen LogP contribution in [0.2, 0.25) is 0 Å². The van der Waals surface area contributed by atoms with E-state index < -0.39 is 0 Å². The van der Waals surface area contributed by atoms with Gasteiger partial charge in [0.2, 0.25) is 0 Å². The lowest BCUT2D eigenvalue weighted by Gasteiger charge is -2.38. The van der Waals surface area contributed by atoms with Gasteiger partial charge in [0, 0.05) is 6.04 Å². The van der Waals surface area contributed by atoms with E-state index in [0.717, 1.165) is 5.92 Å². The summed E-state index contributed by atoms with van der Waals surface area (Å²) in [7, 11) is 0. The van der Waals surface area contributed by atoms with Crippen molar-refractivity contribution in [2.75, 3.05) is 13.1 Å². The second-order valence-corrected chi connectivity index (χ2v) is 8.58. The average molecular weight is 362 g/mol. The highest BCUT2D eigenvalue weighted by Crippen LogP contribution is 2.31. The molecule has 1 heteroatoms. The number of benzene rings is 2. The first-order chi connectivity index (χ1) is 13.0. The fraction of sp³-hybridized carbons (Fsp3) is 0.462. The predicted octanol–water partition coefficient (Wildman–Crippen LogP) is 6.70. The number of hydrogen-bond acceptors (Lipinski definition) is 1. The van der Waals surface area contributed by atoms with Crippen LogP contribution in [0.25, 0.3) is 0 Å². The van der Waals surface area contributed by atoms with Gasteiger partial charge in [-0.3, -0.25) is 4.90 Å². The molecule has 27 heavy (non-hydrogen) atoms. The minimum absolute atomic E-state index is 0.544. The fourth-order valence-electron chi connectivity index (χ4n) is 4.39. The quantitative estimate of drug-likeness (QED) is 0.517. The summed E-state index contributed by atoms with van der Waals surface area (Å²) in [5.74, 6) is 1.31. The molecule has 0 radical (unpaired) electrons. The molecule has 0 amide bonds. The predicted molar refractivity (Wildman–Crippen MR) is 117 cm³/mol. The lowest BCUT2D eigenvalue weighted by atomic mass is 9.87. The summed E-state index contributed by atoms with van der Waals surface area (Å²) < 4.78 is 0. The van der Waals surface area contributed by atoms with Gasteiger partial charge in [-0.05, 0) is 76.1 Å². The van der Waals surface area contributed by atoms with E-state index in [1.807, 2.05) is 0 Å². The summed E-state index contributed by atoms with van der Waals surface area (Å²) >= 11 is 0. The molecule has 1 fully saturated rings. The molecule has 1 saturated heterocycles. The number of piperidine rings is 1. The van der Waals surface area contributed by atoms with Crippen LogP contribution in [0, 0.1) is 6.92 Å². The van der Waals surface area contributed by atoms with Crippen molar-refractivity contribution in [2.24, 2.45) is 0 Å². The molecule has 2 aromatic rings. The van der Waals surface area contributed by atoms with Crippen LogP contribution in [0.4, 0.5) is 0 Å². The van der Waals surface area contributed by atoms with Crippen LogP contribution < -0.4 is 0 Å². The van der Waals surface area contributed by atoms with Gasteiger partial charge in [0.25, 0.3) is 0 Å². The van der Waals surface area contributed by atoms with E-state index >= 15 is 0 Å². The number of likely N-dealkylation sites (tertiary alicyclic amines) is 1. The van der Waals surface area contributed by atoms with Crippen molar-refractivity contribution in [3.63, 3.8) is 0 Å². The maximum Gasteiger partial charge on any atom is 0.0286 e. The van der Waals surface area contributed by atoms with Crippen LogP contribution in [-0.2, 0) is 0 Å². The van der Waals surface area contributed by atoms with Crippen LogP contribution in [0.15, 0.2) is 66.2 Å². The third-order valence-electron chi connectivity index (χ3n) is 6.04. The normalized spacial score (nSPS) is 18.1. The Morgan fingerprint density at radius 1 is 1.00 bits per heavy atom. The maximum absolute atomic E-state index is 2.72. The van der Waals surface area contributed by atoms with Gasteiger partial charge in [-0.15, -0.1) is 0 Å². The Balaban J connectivity index is 1.65. The second-order valence-electron chi connectivity index (χ2n) is 8.58. The molecule has 0 spiro atoms. The van der Waals surface area contributed by atoms with Gasteiger partial charge in [0.15, 0.2) is 0 Å². The van der Waals surface area contributed by atoms with Crippen molar-refractivity contribution in [2.45, 2.75) is 64.8 Å². The first-order valence-electron chi connectivity index (χ1n) is 10.5. The van der Waals surface area contributed by atoms with E-state index in [9.17, 15) is 0 Å². The molecule has 0 aromatic heterocycles. The SMILES string of the molecule is CC(C)=CC(C[C@H](C)c1ccc(C)cc1)N1CCC(c2ccccc2)CC1. The molecule has 0 aliphatic carbocycles. The zero-order valence-electron chi connectivity index (χ0n) is 17.5. The molecular weight excluding hydrogens is 326 g/mol. The van der Waals surface area contributed by atoms with E-state index in [-0.39, 0.29) is 0 Å². The highest BCUT2D eigenvalue weighted by molar-refractivity contribution is 5.25. The fourth-order valence-corrected chi connectivity index (χ4v) is 4.39. The van der Waals surface area contributed by atoms with Gasteiger partial charge in [-0.25, -0.2) is 0 Å². The molecule has 0 N–H and O–H groups in total. The molecule has 1 unspecified atom stereocenters. The Hall–Kier alpha value is -1.86. The van der Waals surface area contributed by atoms with Crippen molar-refractivity contribution in [3.05, 3.63) is 82.9 Å². The van der Waals surface area contributed by atoms with Crippen LogP contribution in [-0.4, -0.2) is 24.0 Å². The molecule has 0 saturated carbocycles. The Morgan fingerprint density at radius 3 is 2.22 bits per heavy atom. The van der Waals surface area contributed by atoms with Gasteiger partial charge in [-0.2, -0.15) is 0 Å². The van der Waals surface area contributed by atoms with E-state index in [0.29, 0.717) is 12.0 Å². The third-order valence-corrected chi connectivity index (χ3v) is 6.04. The molecule has 2 atom stereocenters. The van der Waals surface area contributed by atoms with Crippen molar-refractivity contribution < 1.29 is 0 Å². The van der Waals surface area contributed by atoms with Crippen molar-refractivity contribution >= 4 is 0 Å². The van der Waals surface area contributed by atoms with E-state index in [1.165, 1.54) is 54.6 Å². The third kappa shape index (κ3) is 5.56. The number of allylic oxidation sites excluding steroid dienone is 1. The standard InChI is InChI=1S/C26H35N/c1-20(2)18-26(19-22(4)23-12-10-21(3)11-13-23)27-16-14-25(15-17-27)24-8-6-5-7-9-24/h5-13,18,22,25-26H,14-17,19H2,1-4H3/t22-,26?/m0/s1. The van der Waals surface area contributed by atoms with Crippen LogP contribution in [0.1, 0.15) is 68.6 Å². The first kappa shape index (κ1) is 19.9.